The van der Waals surface area contributed by atoms with E-state index in [1.165, 1.54) is 70.6 Å². The molecule has 0 aromatic carbocycles. The van der Waals surface area contributed by atoms with Crippen molar-refractivity contribution in [3.63, 3.8) is 0 Å². The lowest BCUT2D eigenvalue weighted by Gasteiger charge is -2.41. The topological polar surface area (TPSA) is 230 Å². The van der Waals surface area contributed by atoms with Crippen molar-refractivity contribution < 1.29 is 68.2 Å². The van der Waals surface area contributed by atoms with Gasteiger partial charge >= 0.3 is 19.8 Å². The number of phosphoric acid groups is 1. The zero-order valence-corrected chi connectivity index (χ0v) is 39.6. The van der Waals surface area contributed by atoms with Crippen molar-refractivity contribution >= 4 is 19.8 Å². The smallest absolute Gasteiger partial charge is 0.462 e. The Kier molecular flexibility index (Phi) is 35.5. The van der Waals surface area contributed by atoms with Crippen LogP contribution in [0.15, 0.2) is 72.9 Å². The molecule has 0 amide bonds. The van der Waals surface area contributed by atoms with Crippen molar-refractivity contribution in [1.29, 1.82) is 0 Å². The Morgan fingerprint density at radius 2 is 1.02 bits per heavy atom. The third-order valence-corrected chi connectivity index (χ3v) is 11.7. The van der Waals surface area contributed by atoms with E-state index < -0.39 is 81.8 Å². The molecule has 1 saturated carbocycles. The predicted octanol–water partition coefficient (Wildman–Crippen LogP) is 8.47. The summed E-state index contributed by atoms with van der Waals surface area (Å²) >= 11 is 0. The summed E-state index contributed by atoms with van der Waals surface area (Å²) in [6.45, 7) is 2.91. The number of phosphoric ester groups is 1. The van der Waals surface area contributed by atoms with E-state index in [1.807, 2.05) is 49.5 Å². The number of hydrogen-bond donors (Lipinski definition) is 7. The van der Waals surface area contributed by atoms with E-state index in [2.05, 4.69) is 31.2 Å². The molecule has 14 nitrogen and oxygen atoms in total. The Morgan fingerprint density at radius 1 is 0.562 bits per heavy atom. The van der Waals surface area contributed by atoms with E-state index in [0.29, 0.717) is 25.7 Å². The SMILES string of the molecule is CCCCCCCCCCCCCCCCCC(=O)OCC(COP(=O)(O)OC1C(O)C(O)C(O)C(O)C1O)OC(=O)CCC=CCC=CCC=CCC=CCC=CC=CC(O)CC. The first kappa shape index (κ1) is 59.3. The van der Waals surface area contributed by atoms with Crippen molar-refractivity contribution in [2.24, 2.45) is 0 Å². The molecule has 0 spiro atoms. The van der Waals surface area contributed by atoms with Gasteiger partial charge in [0.05, 0.1) is 12.7 Å². The van der Waals surface area contributed by atoms with Crippen LogP contribution in [0.4, 0.5) is 0 Å². The van der Waals surface area contributed by atoms with Crippen molar-refractivity contribution in [3.8, 4) is 0 Å². The number of ether oxygens (including phenoxy) is 2. The minimum Gasteiger partial charge on any atom is -0.462 e. The minimum atomic E-state index is -5.15. The molecule has 1 aliphatic carbocycles. The van der Waals surface area contributed by atoms with Gasteiger partial charge in [0, 0.05) is 12.8 Å². The van der Waals surface area contributed by atoms with Gasteiger partial charge in [0.15, 0.2) is 6.10 Å². The van der Waals surface area contributed by atoms with E-state index in [9.17, 15) is 49.7 Å². The molecule has 0 radical (unpaired) electrons. The first-order chi connectivity index (χ1) is 30.8. The Bertz CT molecular complexity index is 1410. The van der Waals surface area contributed by atoms with Gasteiger partial charge < -0.3 is 45.0 Å². The van der Waals surface area contributed by atoms with Crippen LogP contribution in [0.1, 0.15) is 162 Å². The van der Waals surface area contributed by atoms with Crippen LogP contribution in [-0.4, -0.2) is 110 Å². The van der Waals surface area contributed by atoms with Crippen LogP contribution >= 0.6 is 7.82 Å². The molecule has 7 unspecified atom stereocenters. The molecule has 0 aliphatic heterocycles. The second-order valence-corrected chi connectivity index (χ2v) is 17.8. The molecular weight excluding hydrogens is 843 g/mol. The van der Waals surface area contributed by atoms with Crippen LogP contribution in [0.25, 0.3) is 0 Å². The summed E-state index contributed by atoms with van der Waals surface area (Å²) in [5.74, 6) is -1.21. The molecule has 15 heteroatoms. The van der Waals surface area contributed by atoms with Crippen LogP contribution in [0, 0.1) is 0 Å². The van der Waals surface area contributed by atoms with E-state index in [1.54, 1.807) is 6.08 Å². The van der Waals surface area contributed by atoms with Crippen LogP contribution in [0.5, 0.6) is 0 Å². The fourth-order valence-corrected chi connectivity index (χ4v) is 7.71. The molecule has 0 saturated heterocycles. The first-order valence-electron chi connectivity index (χ1n) is 23.8. The molecule has 7 N–H and O–H groups in total. The molecule has 1 rings (SSSR count). The largest absolute Gasteiger partial charge is 0.472 e. The highest BCUT2D eigenvalue weighted by atomic mass is 31.2. The second kappa shape index (κ2) is 38.4. The lowest BCUT2D eigenvalue weighted by molar-refractivity contribution is -0.220. The summed E-state index contributed by atoms with van der Waals surface area (Å²) in [4.78, 5) is 35.7. The summed E-state index contributed by atoms with van der Waals surface area (Å²) in [7, 11) is -5.15. The monoisotopic (exact) mass is 927 g/mol. The fraction of sp³-hybridized carbons (Fsp3) is 0.714. The Balaban J connectivity index is 2.51. The average Bonchev–Trinajstić information content (AvgIpc) is 3.28. The van der Waals surface area contributed by atoms with Gasteiger partial charge in [-0.2, -0.15) is 0 Å². The molecular formula is C49H83O14P. The number of esters is 2. The van der Waals surface area contributed by atoms with Gasteiger partial charge in [-0.1, -0.05) is 177 Å². The van der Waals surface area contributed by atoms with Crippen LogP contribution < -0.4 is 0 Å². The zero-order chi connectivity index (χ0) is 47.3. The molecule has 0 aromatic heterocycles. The van der Waals surface area contributed by atoms with E-state index in [-0.39, 0.29) is 12.8 Å². The van der Waals surface area contributed by atoms with Gasteiger partial charge in [-0.3, -0.25) is 18.6 Å². The maximum atomic E-state index is 12.8. The maximum Gasteiger partial charge on any atom is 0.472 e. The summed E-state index contributed by atoms with van der Waals surface area (Å²) in [5.41, 5.74) is 0. The lowest BCUT2D eigenvalue weighted by atomic mass is 9.85. The van der Waals surface area contributed by atoms with Gasteiger partial charge in [0.25, 0.3) is 0 Å². The van der Waals surface area contributed by atoms with Gasteiger partial charge in [0.1, 0.15) is 43.2 Å². The zero-order valence-electron chi connectivity index (χ0n) is 38.7. The Morgan fingerprint density at radius 3 is 1.52 bits per heavy atom. The van der Waals surface area contributed by atoms with Crippen molar-refractivity contribution in [3.05, 3.63) is 72.9 Å². The maximum absolute atomic E-state index is 12.8. The summed E-state index contributed by atoms with van der Waals surface area (Å²) < 4.78 is 33.4. The summed E-state index contributed by atoms with van der Waals surface area (Å²) in [5, 5.41) is 59.6. The number of unbranched alkanes of at least 4 members (excludes halogenated alkanes) is 14. The number of rotatable bonds is 38. The standard InChI is InChI=1S/C49H83O14P/c1-3-5-6-7-8-9-10-11-14-18-21-24-27-30-33-36-42(51)60-38-41(39-61-64(58,59)63-49-47(56)45(54)44(53)46(55)48(49)57)62-43(52)37-34-31-28-25-22-19-16-13-12-15-17-20-23-26-29-32-35-40(50)4-2/h12-13,17,19-20,22,26,28-29,31-32,35,40-41,44-50,53-57H,3-11,14-16,18,21,23-25,27,30,33-34,36-39H2,1-2H3,(H,58,59). The summed E-state index contributed by atoms with van der Waals surface area (Å²) in [6.07, 6.45) is 32.0. The molecule has 368 valence electrons. The Labute approximate surface area is 383 Å². The van der Waals surface area contributed by atoms with Crippen molar-refractivity contribution in [2.75, 3.05) is 13.2 Å². The molecule has 0 bridgehead atoms. The van der Waals surface area contributed by atoms with Crippen molar-refractivity contribution in [1.82, 2.24) is 0 Å². The predicted molar refractivity (Wildman–Crippen MR) is 250 cm³/mol. The highest BCUT2D eigenvalue weighted by Gasteiger charge is 2.51. The third-order valence-electron chi connectivity index (χ3n) is 10.7. The molecule has 1 fully saturated rings. The third kappa shape index (κ3) is 30.5. The normalized spacial score (nSPS) is 22.7. The molecule has 0 aromatic rings. The van der Waals surface area contributed by atoms with Gasteiger partial charge in [-0.05, 0) is 44.9 Å². The van der Waals surface area contributed by atoms with Crippen molar-refractivity contribution in [2.45, 2.75) is 210 Å². The van der Waals surface area contributed by atoms with E-state index in [0.717, 1.165) is 38.5 Å². The number of aliphatic hydroxyl groups is 6. The minimum absolute atomic E-state index is 0.0413. The van der Waals surface area contributed by atoms with E-state index in [4.69, 9.17) is 18.5 Å². The molecule has 7 atom stereocenters. The highest BCUT2D eigenvalue weighted by Crippen LogP contribution is 2.47. The molecule has 0 heterocycles. The quantitative estimate of drug-likeness (QED) is 0.0101. The van der Waals surface area contributed by atoms with Gasteiger partial charge in [-0.25, -0.2) is 4.57 Å². The lowest BCUT2D eigenvalue weighted by Crippen LogP contribution is -2.64. The number of hydrogen-bond acceptors (Lipinski definition) is 13. The van der Waals surface area contributed by atoms with Gasteiger partial charge in [0.2, 0.25) is 0 Å². The second-order valence-electron chi connectivity index (χ2n) is 16.4. The highest BCUT2D eigenvalue weighted by molar-refractivity contribution is 7.47. The van der Waals surface area contributed by atoms with Crippen LogP contribution in [0.2, 0.25) is 0 Å². The summed E-state index contributed by atoms with van der Waals surface area (Å²) in [6, 6.07) is 0. The molecule has 64 heavy (non-hydrogen) atoms. The fourth-order valence-electron chi connectivity index (χ4n) is 6.74. The van der Waals surface area contributed by atoms with E-state index >= 15 is 0 Å². The molecule has 1 aliphatic rings. The van der Waals surface area contributed by atoms with Crippen LogP contribution in [-0.2, 0) is 32.7 Å². The number of carbonyl (C=O) groups is 2. The van der Waals surface area contributed by atoms with Crippen LogP contribution in [0.3, 0.4) is 0 Å². The van der Waals surface area contributed by atoms with Gasteiger partial charge in [-0.15, -0.1) is 0 Å². The number of carbonyl (C=O) groups excluding carboxylic acids is 2. The number of aliphatic hydroxyl groups excluding tert-OH is 6. The first-order valence-corrected chi connectivity index (χ1v) is 25.3. The Hall–Kier alpha value is -2.75. The average molecular weight is 927 g/mol. The number of allylic oxidation sites excluding steroid dienone is 11.